The Morgan fingerprint density at radius 3 is 1.97 bits per heavy atom. The Hall–Kier alpha value is -2.23. The Balaban J connectivity index is 1.68. The topological polar surface area (TPSA) is 63.9 Å². The molecular formula is C21H22F5NO3. The van der Waals surface area contributed by atoms with Gasteiger partial charge in [0.1, 0.15) is 0 Å². The molecule has 1 heterocycles. The van der Waals surface area contributed by atoms with E-state index < -0.39 is 46.9 Å². The lowest BCUT2D eigenvalue weighted by atomic mass is 9.83. The highest BCUT2D eigenvalue weighted by molar-refractivity contribution is 5.32. The molecule has 3 rings (SSSR count). The smallest absolute Gasteiger partial charge is 0.416 e. The summed E-state index contributed by atoms with van der Waals surface area (Å²) in [5.74, 6) is -3.46. The van der Waals surface area contributed by atoms with Crippen molar-refractivity contribution >= 4 is 0 Å². The molecule has 2 aromatic rings. The first kappa shape index (κ1) is 22.5. The van der Waals surface area contributed by atoms with Gasteiger partial charge in [0.2, 0.25) is 0 Å². The number of aromatic hydroxyl groups is 1. The maximum Gasteiger partial charge on any atom is 0.416 e. The zero-order valence-corrected chi connectivity index (χ0v) is 16.1. The van der Waals surface area contributed by atoms with Gasteiger partial charge in [-0.25, -0.2) is 8.78 Å². The van der Waals surface area contributed by atoms with Crippen LogP contribution in [0, 0.1) is 11.6 Å². The molecule has 2 atom stereocenters. The Labute approximate surface area is 170 Å². The van der Waals surface area contributed by atoms with Crippen LogP contribution in [0.1, 0.15) is 42.6 Å². The van der Waals surface area contributed by atoms with Crippen molar-refractivity contribution in [3.63, 3.8) is 0 Å². The van der Waals surface area contributed by atoms with Crippen molar-refractivity contribution in [1.82, 2.24) is 4.90 Å². The number of phenolic OH excluding ortho intramolecular Hbond substituents is 1. The minimum Gasteiger partial charge on any atom is -0.503 e. The fourth-order valence-electron chi connectivity index (χ4n) is 3.79. The standard InChI is InChI=1S/C21H22F5NO3/c1-12(18(28)13-10-16(22)19(29)17(23)11-13)27-8-6-20(30,7-9-27)14-2-4-15(5-3-14)21(24,25)26/h2-5,10-12,18,28-30H,6-9H2,1H3. The number of aliphatic hydroxyl groups is 2. The minimum absolute atomic E-state index is 0.0288. The Bertz CT molecular complexity index is 870. The van der Waals surface area contributed by atoms with Crippen LogP contribution >= 0.6 is 0 Å². The minimum atomic E-state index is -4.46. The monoisotopic (exact) mass is 431 g/mol. The van der Waals surface area contributed by atoms with Crippen LogP contribution in [0.15, 0.2) is 36.4 Å². The summed E-state index contributed by atoms with van der Waals surface area (Å²) < 4.78 is 65.4. The van der Waals surface area contributed by atoms with Gasteiger partial charge in [0.25, 0.3) is 0 Å². The van der Waals surface area contributed by atoms with Crippen molar-refractivity contribution < 1.29 is 37.3 Å². The van der Waals surface area contributed by atoms with Gasteiger partial charge in [0.05, 0.1) is 17.3 Å². The van der Waals surface area contributed by atoms with Gasteiger partial charge in [-0.1, -0.05) is 12.1 Å². The molecule has 1 saturated heterocycles. The van der Waals surface area contributed by atoms with E-state index in [9.17, 15) is 37.3 Å². The second-order valence-corrected chi connectivity index (χ2v) is 7.66. The first-order valence-electron chi connectivity index (χ1n) is 9.42. The van der Waals surface area contributed by atoms with Gasteiger partial charge in [-0.3, -0.25) is 4.90 Å². The summed E-state index contributed by atoms with van der Waals surface area (Å²) >= 11 is 0. The number of nitrogens with zero attached hydrogens (tertiary/aromatic N) is 1. The van der Waals surface area contributed by atoms with Crippen LogP contribution in [0.3, 0.4) is 0 Å². The van der Waals surface area contributed by atoms with Crippen LogP contribution in [-0.4, -0.2) is 39.4 Å². The summed E-state index contributed by atoms with van der Waals surface area (Å²) in [6.07, 6.45) is -5.27. The molecule has 0 aromatic heterocycles. The maximum atomic E-state index is 13.6. The van der Waals surface area contributed by atoms with E-state index in [0.29, 0.717) is 18.7 Å². The number of hydrogen-bond donors (Lipinski definition) is 3. The lowest BCUT2D eigenvalue weighted by Gasteiger charge is -2.42. The SMILES string of the molecule is CC(C(O)c1cc(F)c(O)c(F)c1)N1CCC(O)(c2ccc(C(F)(F)F)cc2)CC1. The third kappa shape index (κ3) is 4.43. The zero-order valence-electron chi connectivity index (χ0n) is 16.1. The molecule has 9 heteroatoms. The van der Waals surface area contributed by atoms with E-state index in [1.54, 1.807) is 6.92 Å². The molecule has 2 aromatic carbocycles. The van der Waals surface area contributed by atoms with Gasteiger partial charge in [0.15, 0.2) is 17.4 Å². The van der Waals surface area contributed by atoms with Gasteiger partial charge < -0.3 is 15.3 Å². The average molecular weight is 431 g/mol. The van der Waals surface area contributed by atoms with Gasteiger partial charge in [0, 0.05) is 19.1 Å². The van der Waals surface area contributed by atoms with Crippen LogP contribution in [0.25, 0.3) is 0 Å². The predicted molar refractivity (Wildman–Crippen MR) is 98.6 cm³/mol. The second kappa shape index (κ2) is 8.13. The first-order valence-corrected chi connectivity index (χ1v) is 9.42. The van der Waals surface area contributed by atoms with Crippen LogP contribution < -0.4 is 0 Å². The normalized spacial score (nSPS) is 19.5. The van der Waals surface area contributed by atoms with Crippen molar-refractivity contribution in [2.45, 2.75) is 43.7 Å². The number of aliphatic hydroxyl groups excluding tert-OH is 1. The van der Waals surface area contributed by atoms with Crippen molar-refractivity contribution in [3.05, 3.63) is 64.7 Å². The molecule has 4 nitrogen and oxygen atoms in total. The Morgan fingerprint density at radius 2 is 1.50 bits per heavy atom. The number of benzene rings is 2. The number of likely N-dealkylation sites (tertiary alicyclic amines) is 1. The highest BCUT2D eigenvalue weighted by Crippen LogP contribution is 2.37. The average Bonchev–Trinajstić information content (AvgIpc) is 2.70. The van der Waals surface area contributed by atoms with E-state index in [-0.39, 0.29) is 18.4 Å². The fourth-order valence-corrected chi connectivity index (χ4v) is 3.79. The van der Waals surface area contributed by atoms with Crippen LogP contribution in [-0.2, 0) is 11.8 Å². The van der Waals surface area contributed by atoms with E-state index in [4.69, 9.17) is 0 Å². The third-order valence-corrected chi connectivity index (χ3v) is 5.79. The number of phenols is 1. The molecule has 30 heavy (non-hydrogen) atoms. The van der Waals surface area contributed by atoms with E-state index in [2.05, 4.69) is 0 Å². The van der Waals surface area contributed by atoms with Crippen LogP contribution in [0.4, 0.5) is 22.0 Å². The highest BCUT2D eigenvalue weighted by atomic mass is 19.4. The molecular weight excluding hydrogens is 409 g/mol. The Morgan fingerprint density at radius 1 is 1.00 bits per heavy atom. The first-order chi connectivity index (χ1) is 13.9. The summed E-state index contributed by atoms with van der Waals surface area (Å²) in [5.41, 5.74) is -1.75. The number of alkyl halides is 3. The summed E-state index contributed by atoms with van der Waals surface area (Å²) in [6.45, 7) is 2.30. The number of halogens is 5. The van der Waals surface area contributed by atoms with E-state index in [1.807, 2.05) is 4.90 Å². The number of rotatable bonds is 4. The van der Waals surface area contributed by atoms with Crippen molar-refractivity contribution in [2.24, 2.45) is 0 Å². The largest absolute Gasteiger partial charge is 0.503 e. The number of hydrogen-bond acceptors (Lipinski definition) is 4. The molecule has 0 saturated carbocycles. The van der Waals surface area contributed by atoms with Crippen LogP contribution in [0.2, 0.25) is 0 Å². The molecule has 3 N–H and O–H groups in total. The quantitative estimate of drug-likeness (QED) is 0.638. The molecule has 164 valence electrons. The summed E-state index contributed by atoms with van der Waals surface area (Å²) in [7, 11) is 0. The molecule has 0 amide bonds. The fraction of sp³-hybridized carbons (Fsp3) is 0.429. The molecule has 0 bridgehead atoms. The molecule has 1 fully saturated rings. The van der Waals surface area contributed by atoms with Crippen molar-refractivity contribution in [2.75, 3.05) is 13.1 Å². The van der Waals surface area contributed by atoms with Crippen molar-refractivity contribution in [1.29, 1.82) is 0 Å². The summed E-state index contributed by atoms with van der Waals surface area (Å²) in [5, 5.41) is 30.6. The predicted octanol–water partition coefficient (Wildman–Crippen LogP) is 4.09. The third-order valence-electron chi connectivity index (χ3n) is 5.79. The lowest BCUT2D eigenvalue weighted by molar-refractivity contribution is -0.137. The summed E-state index contributed by atoms with van der Waals surface area (Å²) in [6, 6.07) is 5.56. The zero-order chi connectivity index (χ0) is 22.3. The van der Waals surface area contributed by atoms with E-state index in [1.165, 1.54) is 12.1 Å². The molecule has 0 spiro atoms. The molecule has 1 aliphatic heterocycles. The van der Waals surface area contributed by atoms with Gasteiger partial charge >= 0.3 is 6.18 Å². The second-order valence-electron chi connectivity index (χ2n) is 7.66. The molecule has 0 radical (unpaired) electrons. The molecule has 1 aliphatic rings. The van der Waals surface area contributed by atoms with E-state index >= 15 is 0 Å². The van der Waals surface area contributed by atoms with Gasteiger partial charge in [-0.05, 0) is 55.2 Å². The van der Waals surface area contributed by atoms with Gasteiger partial charge in [-0.15, -0.1) is 0 Å². The number of piperidine rings is 1. The Kier molecular flexibility index (Phi) is 6.08. The van der Waals surface area contributed by atoms with Crippen molar-refractivity contribution in [3.8, 4) is 5.75 Å². The molecule has 2 unspecified atom stereocenters. The molecule has 0 aliphatic carbocycles. The maximum absolute atomic E-state index is 13.6. The highest BCUT2D eigenvalue weighted by Gasteiger charge is 2.38. The van der Waals surface area contributed by atoms with Crippen LogP contribution in [0.5, 0.6) is 5.75 Å². The van der Waals surface area contributed by atoms with E-state index in [0.717, 1.165) is 24.3 Å². The lowest BCUT2D eigenvalue weighted by Crippen LogP contribution is -2.47. The van der Waals surface area contributed by atoms with Gasteiger partial charge in [-0.2, -0.15) is 13.2 Å². The summed E-state index contributed by atoms with van der Waals surface area (Å²) in [4.78, 5) is 1.83.